The van der Waals surface area contributed by atoms with Crippen LogP contribution in [0, 0.1) is 0 Å². The highest BCUT2D eigenvalue weighted by Crippen LogP contribution is 2.27. The first-order valence-electron chi connectivity index (χ1n) is 10.6. The molecule has 0 aliphatic carbocycles. The van der Waals surface area contributed by atoms with Crippen LogP contribution in [0.25, 0.3) is 16.6 Å². The molecule has 2 heterocycles. The quantitative estimate of drug-likeness (QED) is 0.402. The normalized spacial score (nSPS) is 13.9. The molecule has 1 aromatic heterocycles. The Morgan fingerprint density at radius 1 is 1.03 bits per heavy atom. The molecular weight excluding hydrogens is 418 g/mol. The molecule has 1 aliphatic rings. The van der Waals surface area contributed by atoms with Gasteiger partial charge in [-0.1, -0.05) is 60.3 Å². The third-order valence-corrected chi connectivity index (χ3v) is 6.64. The van der Waals surface area contributed by atoms with E-state index in [4.69, 9.17) is 0 Å². The fourth-order valence-corrected chi connectivity index (χ4v) is 4.85. The van der Waals surface area contributed by atoms with Crippen LogP contribution in [0.15, 0.2) is 84.0 Å². The van der Waals surface area contributed by atoms with Crippen LogP contribution in [0.4, 0.5) is 0 Å². The predicted octanol–water partition coefficient (Wildman–Crippen LogP) is 5.49. The van der Waals surface area contributed by atoms with E-state index < -0.39 is 0 Å². The number of benzene rings is 3. The van der Waals surface area contributed by atoms with Gasteiger partial charge in [-0.25, -0.2) is 4.98 Å². The summed E-state index contributed by atoms with van der Waals surface area (Å²) < 4.78 is 0. The molecular formula is C26H23N3O2S. The number of aromatic hydroxyl groups is 1. The molecule has 0 radical (unpaired) electrons. The van der Waals surface area contributed by atoms with Crippen LogP contribution < -0.4 is 0 Å². The highest BCUT2D eigenvalue weighted by atomic mass is 32.2. The summed E-state index contributed by atoms with van der Waals surface area (Å²) in [6.07, 6.45) is 2.91. The van der Waals surface area contributed by atoms with Crippen LogP contribution in [0.3, 0.4) is 0 Å². The number of carbonyl (C=O) groups excluding carboxylic acids is 1. The zero-order chi connectivity index (χ0) is 21.9. The van der Waals surface area contributed by atoms with Gasteiger partial charge >= 0.3 is 0 Å². The summed E-state index contributed by atoms with van der Waals surface area (Å²) >= 11 is 1.61. The van der Waals surface area contributed by atoms with E-state index in [1.165, 1.54) is 5.57 Å². The molecule has 1 amide bonds. The summed E-state index contributed by atoms with van der Waals surface area (Å²) in [6, 6.07) is 23.0. The molecule has 0 fully saturated rings. The second-order valence-electron chi connectivity index (χ2n) is 7.78. The summed E-state index contributed by atoms with van der Waals surface area (Å²) in [5.74, 6) is 0.996. The van der Waals surface area contributed by atoms with Crippen LogP contribution in [-0.4, -0.2) is 39.0 Å². The number of aromatic nitrogens is 2. The number of thioether (sulfide) groups is 1. The number of phenolic OH excluding ortho intramolecular Hbond substituents is 1. The van der Waals surface area contributed by atoms with Gasteiger partial charge in [0.25, 0.3) is 5.91 Å². The lowest BCUT2D eigenvalue weighted by atomic mass is 9.98. The lowest BCUT2D eigenvalue weighted by molar-refractivity contribution is 0.0772. The maximum atomic E-state index is 13.3. The molecule has 0 saturated carbocycles. The Morgan fingerprint density at radius 3 is 2.59 bits per heavy atom. The van der Waals surface area contributed by atoms with Gasteiger partial charge in [-0.05, 0) is 53.5 Å². The monoisotopic (exact) mass is 441 g/mol. The molecule has 0 atom stereocenters. The smallest absolute Gasteiger partial charge is 0.254 e. The Labute approximate surface area is 190 Å². The van der Waals surface area contributed by atoms with Gasteiger partial charge in [0, 0.05) is 24.4 Å². The average Bonchev–Trinajstić information content (AvgIpc) is 3.26. The number of nitrogens with one attached hydrogen (secondary N) is 1. The Kier molecular flexibility index (Phi) is 5.69. The summed E-state index contributed by atoms with van der Waals surface area (Å²) in [4.78, 5) is 23.1. The first-order chi connectivity index (χ1) is 15.7. The largest absolute Gasteiger partial charge is 0.508 e. The number of phenols is 1. The van der Waals surface area contributed by atoms with Crippen molar-refractivity contribution in [2.75, 3.05) is 13.1 Å². The first-order valence-corrected chi connectivity index (χ1v) is 11.6. The molecule has 0 unspecified atom stereocenters. The van der Waals surface area contributed by atoms with Crippen molar-refractivity contribution in [3.8, 4) is 5.75 Å². The molecule has 2 N–H and O–H groups in total. The number of aromatic amines is 1. The SMILES string of the molecule is O=C(c1ccccc1CSc1nc2ccccc2[nH]1)N1CC=C(c2ccc(O)cc2)CC1. The molecule has 3 aromatic carbocycles. The van der Waals surface area contributed by atoms with Crippen molar-refractivity contribution in [2.24, 2.45) is 0 Å². The van der Waals surface area contributed by atoms with Crippen molar-refractivity contribution >= 4 is 34.3 Å². The van der Waals surface area contributed by atoms with Crippen molar-refractivity contribution in [3.63, 3.8) is 0 Å². The summed E-state index contributed by atoms with van der Waals surface area (Å²) in [5.41, 5.74) is 6.03. The topological polar surface area (TPSA) is 69.2 Å². The molecule has 160 valence electrons. The van der Waals surface area contributed by atoms with E-state index in [1.54, 1.807) is 23.9 Å². The number of nitrogens with zero attached hydrogens (tertiary/aromatic N) is 2. The van der Waals surface area contributed by atoms with Crippen LogP contribution in [-0.2, 0) is 5.75 Å². The van der Waals surface area contributed by atoms with Crippen molar-refractivity contribution in [3.05, 3.63) is 95.6 Å². The second-order valence-corrected chi connectivity index (χ2v) is 8.75. The molecule has 5 nitrogen and oxygen atoms in total. The minimum absolute atomic E-state index is 0.0619. The van der Waals surface area contributed by atoms with Gasteiger partial charge in [-0.2, -0.15) is 0 Å². The second kappa shape index (κ2) is 8.93. The van der Waals surface area contributed by atoms with E-state index in [2.05, 4.69) is 16.0 Å². The minimum Gasteiger partial charge on any atom is -0.508 e. The van der Waals surface area contributed by atoms with Gasteiger partial charge < -0.3 is 15.0 Å². The fourth-order valence-electron chi connectivity index (χ4n) is 3.96. The van der Waals surface area contributed by atoms with Gasteiger partial charge in [0.2, 0.25) is 0 Å². The third-order valence-electron chi connectivity index (χ3n) is 5.71. The molecule has 6 heteroatoms. The maximum Gasteiger partial charge on any atom is 0.254 e. The fraction of sp³-hybridized carbons (Fsp3) is 0.154. The molecule has 0 saturated heterocycles. The van der Waals surface area contributed by atoms with E-state index in [9.17, 15) is 9.90 Å². The van der Waals surface area contributed by atoms with Gasteiger partial charge in [0.05, 0.1) is 11.0 Å². The van der Waals surface area contributed by atoms with Crippen molar-refractivity contribution < 1.29 is 9.90 Å². The number of fused-ring (bicyclic) bond motifs is 1. The molecule has 5 rings (SSSR count). The number of imidazole rings is 1. The van der Waals surface area contributed by atoms with E-state index in [-0.39, 0.29) is 11.7 Å². The summed E-state index contributed by atoms with van der Waals surface area (Å²) in [7, 11) is 0. The number of para-hydroxylation sites is 2. The standard InChI is InChI=1S/C26H23N3O2S/c30-21-11-9-18(10-12-21)19-13-15-29(16-14-19)25(31)22-6-2-1-5-20(22)17-32-26-27-23-7-3-4-8-24(23)28-26/h1-13,30H,14-17H2,(H,27,28). The molecule has 1 aliphatic heterocycles. The van der Waals surface area contributed by atoms with Crippen molar-refractivity contribution in [2.45, 2.75) is 17.3 Å². The zero-order valence-corrected chi connectivity index (χ0v) is 18.3. The lowest BCUT2D eigenvalue weighted by Crippen LogP contribution is -2.35. The number of hydrogen-bond donors (Lipinski definition) is 2. The summed E-state index contributed by atoms with van der Waals surface area (Å²) in [5, 5.41) is 10.3. The van der Waals surface area contributed by atoms with Gasteiger partial charge in [-0.15, -0.1) is 0 Å². The minimum atomic E-state index is 0.0619. The van der Waals surface area contributed by atoms with Crippen molar-refractivity contribution in [1.29, 1.82) is 0 Å². The number of carbonyl (C=O) groups is 1. The molecule has 0 bridgehead atoms. The molecule has 4 aromatic rings. The highest BCUT2D eigenvalue weighted by molar-refractivity contribution is 7.98. The van der Waals surface area contributed by atoms with Crippen LogP contribution in [0.5, 0.6) is 5.75 Å². The number of rotatable bonds is 5. The Bertz CT molecular complexity index is 1260. The van der Waals surface area contributed by atoms with Gasteiger partial charge in [0.15, 0.2) is 5.16 Å². The van der Waals surface area contributed by atoms with Crippen LogP contribution in [0.2, 0.25) is 0 Å². The number of H-pyrrole nitrogens is 1. The molecule has 32 heavy (non-hydrogen) atoms. The predicted molar refractivity (Wildman–Crippen MR) is 129 cm³/mol. The highest BCUT2D eigenvalue weighted by Gasteiger charge is 2.21. The molecule has 0 spiro atoms. The average molecular weight is 442 g/mol. The van der Waals surface area contributed by atoms with E-state index in [0.29, 0.717) is 18.8 Å². The van der Waals surface area contributed by atoms with E-state index >= 15 is 0 Å². The van der Waals surface area contributed by atoms with E-state index in [0.717, 1.165) is 39.3 Å². The third kappa shape index (κ3) is 4.27. The maximum absolute atomic E-state index is 13.3. The number of amides is 1. The number of hydrogen-bond acceptors (Lipinski definition) is 4. The summed E-state index contributed by atoms with van der Waals surface area (Å²) in [6.45, 7) is 1.26. The first kappa shape index (κ1) is 20.4. The van der Waals surface area contributed by atoms with Gasteiger partial charge in [0.1, 0.15) is 5.75 Å². The van der Waals surface area contributed by atoms with Crippen LogP contribution >= 0.6 is 11.8 Å². The zero-order valence-electron chi connectivity index (χ0n) is 17.5. The Morgan fingerprint density at radius 2 is 1.81 bits per heavy atom. The van der Waals surface area contributed by atoms with E-state index in [1.807, 2.05) is 65.6 Å². The lowest BCUT2D eigenvalue weighted by Gasteiger charge is -2.27. The Hall–Kier alpha value is -3.51. The van der Waals surface area contributed by atoms with Crippen LogP contribution in [0.1, 0.15) is 27.9 Å². The Balaban J connectivity index is 1.29. The van der Waals surface area contributed by atoms with Gasteiger partial charge in [-0.3, -0.25) is 4.79 Å². The van der Waals surface area contributed by atoms with Crippen molar-refractivity contribution in [1.82, 2.24) is 14.9 Å².